The molecule has 0 radical (unpaired) electrons. The smallest absolute Gasteiger partial charge is 0.341 e. The summed E-state index contributed by atoms with van der Waals surface area (Å²) in [6, 6.07) is 0. The number of hydrogen-bond donors (Lipinski definition) is 2. The number of aromatic nitrogens is 2. The molecule has 6 heteroatoms. The van der Waals surface area contributed by atoms with Gasteiger partial charge in [0.1, 0.15) is 17.2 Å². The van der Waals surface area contributed by atoms with E-state index in [0.29, 0.717) is 34.1 Å². The summed E-state index contributed by atoms with van der Waals surface area (Å²) < 4.78 is 7.00. The van der Waals surface area contributed by atoms with E-state index in [1.807, 2.05) is 20.8 Å². The summed E-state index contributed by atoms with van der Waals surface area (Å²) >= 11 is 0. The molecule has 0 fully saturated rings. The number of aliphatic hydroxyl groups is 1. The minimum absolute atomic E-state index is 0.255. The summed E-state index contributed by atoms with van der Waals surface area (Å²) in [7, 11) is 1.61. The van der Waals surface area contributed by atoms with E-state index in [0.717, 1.165) is 0 Å². The molecule has 1 atom stereocenters. The molecule has 2 aromatic rings. The molecular weight excluding hydrogens is 320 g/mol. The van der Waals surface area contributed by atoms with Crippen LogP contribution in [0.5, 0.6) is 0 Å². The van der Waals surface area contributed by atoms with Gasteiger partial charge in [0.15, 0.2) is 0 Å². The largest absolute Gasteiger partial charge is 0.456 e. The lowest BCUT2D eigenvalue weighted by molar-refractivity contribution is -0.00228. The van der Waals surface area contributed by atoms with E-state index in [1.54, 1.807) is 27.1 Å². The summed E-state index contributed by atoms with van der Waals surface area (Å²) in [5.74, 6) is 5.02. The van der Waals surface area contributed by atoms with Crippen LogP contribution in [-0.2, 0) is 11.8 Å². The van der Waals surface area contributed by atoms with Gasteiger partial charge in [0, 0.05) is 24.3 Å². The summed E-state index contributed by atoms with van der Waals surface area (Å²) in [6.45, 7) is 8.88. The van der Waals surface area contributed by atoms with Crippen molar-refractivity contribution in [1.29, 1.82) is 0 Å². The van der Waals surface area contributed by atoms with Gasteiger partial charge in [-0.15, -0.1) is 0 Å². The zero-order chi connectivity index (χ0) is 18.9. The van der Waals surface area contributed by atoms with E-state index in [2.05, 4.69) is 16.8 Å². The van der Waals surface area contributed by atoms with E-state index in [4.69, 9.17) is 4.74 Å². The van der Waals surface area contributed by atoms with Gasteiger partial charge in [0.2, 0.25) is 0 Å². The highest BCUT2D eigenvalue weighted by Gasteiger charge is 2.27. The molecule has 0 aliphatic rings. The molecule has 0 saturated carbocycles. The maximum atomic E-state index is 12.8. The highest BCUT2D eigenvalue weighted by atomic mass is 16.6. The molecule has 134 valence electrons. The predicted molar refractivity (Wildman–Crippen MR) is 96.6 cm³/mol. The normalized spacial score (nSPS) is 12.6. The lowest BCUT2D eigenvalue weighted by atomic mass is 10.0. The fourth-order valence-corrected chi connectivity index (χ4v) is 2.45. The number of aromatic amines is 1. The van der Waals surface area contributed by atoms with Crippen molar-refractivity contribution in [3.8, 4) is 11.8 Å². The molecule has 2 rings (SSSR count). The second-order valence-electron chi connectivity index (χ2n) is 6.78. The van der Waals surface area contributed by atoms with Gasteiger partial charge in [-0.1, -0.05) is 18.8 Å². The molecule has 0 amide bonds. The van der Waals surface area contributed by atoms with Gasteiger partial charge in [0.05, 0.1) is 11.1 Å². The van der Waals surface area contributed by atoms with Gasteiger partial charge in [-0.05, 0) is 34.1 Å². The Morgan fingerprint density at radius 1 is 1.48 bits per heavy atom. The van der Waals surface area contributed by atoms with Crippen molar-refractivity contribution in [2.24, 2.45) is 7.05 Å². The van der Waals surface area contributed by atoms with Crippen molar-refractivity contribution in [3.63, 3.8) is 0 Å². The van der Waals surface area contributed by atoms with Crippen molar-refractivity contribution in [2.75, 3.05) is 0 Å². The minimum atomic E-state index is -0.818. The van der Waals surface area contributed by atoms with Crippen LogP contribution in [0.15, 0.2) is 11.0 Å². The Kier molecular flexibility index (Phi) is 5.09. The number of hydrogen-bond acceptors (Lipinski definition) is 4. The fraction of sp³-hybridized carbons (Fsp3) is 0.474. The molecule has 0 spiro atoms. The first kappa shape index (κ1) is 18.8. The van der Waals surface area contributed by atoms with Crippen LogP contribution in [0, 0.1) is 18.8 Å². The first-order valence-electron chi connectivity index (χ1n) is 8.22. The summed E-state index contributed by atoms with van der Waals surface area (Å²) in [5, 5.41) is 9.87. The standard InChI is InChI=1S/C19H24N2O4/c1-7-19(4,5)25-18(24)14-12(3)20-16-15(14)13(9-8-11(2)22)10-21(6)17(16)23/h10-11,20,22H,7H2,1-6H3/t11-/m1/s1. The molecule has 2 aromatic heterocycles. The van der Waals surface area contributed by atoms with Crippen LogP contribution in [-0.4, -0.2) is 32.3 Å². The first-order chi connectivity index (χ1) is 11.6. The SMILES string of the molecule is CCC(C)(C)OC(=O)c1c(C)[nH]c2c(=O)n(C)cc(C#C[C@@H](C)O)c12. The van der Waals surface area contributed by atoms with E-state index >= 15 is 0 Å². The monoisotopic (exact) mass is 344 g/mol. The number of ether oxygens (including phenoxy) is 1. The van der Waals surface area contributed by atoms with E-state index in [1.165, 1.54) is 4.57 Å². The van der Waals surface area contributed by atoms with Gasteiger partial charge in [-0.2, -0.15) is 0 Å². The van der Waals surface area contributed by atoms with Gasteiger partial charge >= 0.3 is 5.97 Å². The third-order valence-electron chi connectivity index (χ3n) is 4.15. The summed E-state index contributed by atoms with van der Waals surface area (Å²) in [5.41, 5.74) is 0.786. The summed E-state index contributed by atoms with van der Waals surface area (Å²) in [6.07, 6.45) is 1.41. The quantitative estimate of drug-likeness (QED) is 0.661. The Morgan fingerprint density at radius 2 is 2.12 bits per heavy atom. The van der Waals surface area contributed by atoms with E-state index in [-0.39, 0.29) is 5.56 Å². The van der Waals surface area contributed by atoms with E-state index < -0.39 is 17.7 Å². The molecule has 0 aliphatic carbocycles. The molecule has 0 unspecified atom stereocenters. The highest BCUT2D eigenvalue weighted by molar-refractivity contribution is 6.07. The molecule has 0 saturated heterocycles. The molecule has 6 nitrogen and oxygen atoms in total. The number of esters is 1. The second-order valence-corrected chi connectivity index (χ2v) is 6.78. The zero-order valence-electron chi connectivity index (χ0n) is 15.5. The highest BCUT2D eigenvalue weighted by Crippen LogP contribution is 2.26. The molecule has 25 heavy (non-hydrogen) atoms. The van der Waals surface area contributed by atoms with Gasteiger partial charge in [-0.25, -0.2) is 4.79 Å². The molecule has 2 N–H and O–H groups in total. The Labute approximate surface area is 146 Å². The van der Waals surface area contributed by atoms with E-state index in [9.17, 15) is 14.7 Å². The number of aryl methyl sites for hydroxylation is 2. The Hall–Kier alpha value is -2.52. The number of carbonyl (C=O) groups is 1. The van der Waals surface area contributed by atoms with Crippen molar-refractivity contribution >= 4 is 16.9 Å². The molecule has 2 heterocycles. The molecule has 0 aliphatic heterocycles. The number of nitrogens with one attached hydrogen (secondary N) is 1. The Balaban J connectivity index is 2.75. The number of rotatable bonds is 3. The van der Waals surface area contributed by atoms with Crippen LogP contribution in [0.3, 0.4) is 0 Å². The van der Waals surface area contributed by atoms with Crippen molar-refractivity contribution in [3.05, 3.63) is 33.4 Å². The topological polar surface area (TPSA) is 84.3 Å². The number of H-pyrrole nitrogens is 1. The fourth-order valence-electron chi connectivity index (χ4n) is 2.45. The summed E-state index contributed by atoms with van der Waals surface area (Å²) in [4.78, 5) is 28.2. The van der Waals surface area contributed by atoms with Crippen molar-refractivity contribution < 1.29 is 14.6 Å². The number of pyridine rings is 1. The lowest BCUT2D eigenvalue weighted by Crippen LogP contribution is -2.27. The first-order valence-corrected chi connectivity index (χ1v) is 8.22. The molecule has 0 aromatic carbocycles. The number of fused-ring (bicyclic) bond motifs is 1. The number of carbonyl (C=O) groups excluding carboxylic acids is 1. The average Bonchev–Trinajstić information content (AvgIpc) is 2.86. The Morgan fingerprint density at radius 3 is 2.68 bits per heavy atom. The predicted octanol–water partition coefficient (Wildman–Crippen LogP) is 2.25. The lowest BCUT2D eigenvalue weighted by Gasteiger charge is -2.23. The van der Waals surface area contributed by atoms with Crippen LogP contribution in [0.1, 0.15) is 55.7 Å². The second kappa shape index (κ2) is 6.77. The van der Waals surface area contributed by atoms with Crippen molar-refractivity contribution in [2.45, 2.75) is 52.7 Å². The van der Waals surface area contributed by atoms with Gasteiger partial charge in [-0.3, -0.25) is 4.79 Å². The molecule has 0 bridgehead atoms. The third-order valence-corrected chi connectivity index (χ3v) is 4.15. The van der Waals surface area contributed by atoms with Crippen LogP contribution in [0.25, 0.3) is 10.9 Å². The maximum Gasteiger partial charge on any atom is 0.341 e. The maximum absolute atomic E-state index is 12.8. The van der Waals surface area contributed by atoms with Crippen LogP contribution in [0.4, 0.5) is 0 Å². The Bertz CT molecular complexity index is 936. The number of aliphatic hydroxyl groups excluding tert-OH is 1. The molecular formula is C19H24N2O4. The number of nitrogens with zero attached hydrogens (tertiary/aromatic N) is 1. The van der Waals surface area contributed by atoms with Gasteiger partial charge < -0.3 is 19.4 Å². The van der Waals surface area contributed by atoms with Crippen LogP contribution < -0.4 is 5.56 Å². The minimum Gasteiger partial charge on any atom is -0.456 e. The third kappa shape index (κ3) is 3.77. The van der Waals surface area contributed by atoms with Gasteiger partial charge in [0.25, 0.3) is 5.56 Å². The van der Waals surface area contributed by atoms with Crippen LogP contribution >= 0.6 is 0 Å². The zero-order valence-corrected chi connectivity index (χ0v) is 15.5. The average molecular weight is 344 g/mol. The van der Waals surface area contributed by atoms with Crippen LogP contribution in [0.2, 0.25) is 0 Å². The van der Waals surface area contributed by atoms with Crippen molar-refractivity contribution in [1.82, 2.24) is 9.55 Å².